The number of amides is 2. The maximum absolute atomic E-state index is 15.6. The first kappa shape index (κ1) is 30.2. The summed E-state index contributed by atoms with van der Waals surface area (Å²) < 4.78 is 114. The van der Waals surface area contributed by atoms with Gasteiger partial charge in [0.25, 0.3) is 18.8 Å². The minimum absolute atomic E-state index is 0.0525. The number of rotatable bonds is 10. The summed E-state index contributed by atoms with van der Waals surface area (Å²) in [6.07, 6.45) is -11.2. The van der Waals surface area contributed by atoms with Crippen molar-refractivity contribution < 1.29 is 49.3 Å². The van der Waals surface area contributed by atoms with Gasteiger partial charge in [-0.1, -0.05) is 11.2 Å². The Kier molecular flexibility index (Phi) is 8.82. The molecule has 3 aromatic rings. The van der Waals surface area contributed by atoms with Gasteiger partial charge in [-0.3, -0.25) is 9.59 Å². The molecule has 2 unspecified atom stereocenters. The van der Waals surface area contributed by atoms with E-state index in [9.17, 15) is 40.3 Å². The number of H-pyrrole nitrogens is 1. The maximum atomic E-state index is 15.6. The number of nitrogens with zero attached hydrogens (tertiary/aromatic N) is 3. The number of hydrogen-bond donors (Lipinski definition) is 3. The van der Waals surface area contributed by atoms with Crippen LogP contribution in [0.15, 0.2) is 16.8 Å². The van der Waals surface area contributed by atoms with E-state index in [1.54, 1.807) is 5.32 Å². The number of carbonyl (C=O) groups is 2. The van der Waals surface area contributed by atoms with Gasteiger partial charge < -0.3 is 15.6 Å². The lowest BCUT2D eigenvalue weighted by atomic mass is 9.81. The maximum Gasteiger partial charge on any atom is 0.276 e. The number of benzene rings is 1. The van der Waals surface area contributed by atoms with Crippen molar-refractivity contribution in [3.8, 4) is 0 Å². The Morgan fingerprint density at radius 1 is 1.12 bits per heavy atom. The molecule has 3 atom stereocenters. The van der Waals surface area contributed by atoms with E-state index in [1.807, 2.05) is 0 Å². The first-order valence-corrected chi connectivity index (χ1v) is 12.4. The van der Waals surface area contributed by atoms with Gasteiger partial charge in [0, 0.05) is 18.4 Å². The van der Waals surface area contributed by atoms with Crippen molar-refractivity contribution >= 4 is 22.8 Å². The second kappa shape index (κ2) is 12.0. The standard InChI is InChI=1S/C24H24F8N6O3/c1-9-17(38-41-37-9)23(40)36-18(10-4-6-24(31,32)7-5-10)21-34-12-3-2-11(15(27)19(12)35-21)14(16(28)20(29)30)22(39)33-8-13(25)26/h2-3,10,13-14,16,18,20H,4-8H2,1H3,(H,33,39)(H,34,35)(H,36,40)/t14?,16?,18-/m0/s1. The van der Waals surface area contributed by atoms with Gasteiger partial charge in [0.05, 0.1) is 18.1 Å². The molecule has 224 valence electrons. The molecule has 1 aliphatic rings. The van der Waals surface area contributed by atoms with Crippen molar-refractivity contribution in [2.45, 2.75) is 69.5 Å². The number of hydrogen-bond acceptors (Lipinski definition) is 6. The third kappa shape index (κ3) is 6.59. The number of aromatic nitrogens is 4. The minimum atomic E-state index is -3.75. The summed E-state index contributed by atoms with van der Waals surface area (Å²) in [6.45, 7) is 0.162. The average Bonchev–Trinajstić information content (AvgIpc) is 3.54. The number of carbonyl (C=O) groups excluding carboxylic acids is 2. The molecule has 9 nitrogen and oxygen atoms in total. The van der Waals surface area contributed by atoms with Gasteiger partial charge in [-0.05, 0) is 36.9 Å². The molecule has 1 fully saturated rings. The quantitative estimate of drug-likeness (QED) is 0.290. The average molecular weight is 596 g/mol. The lowest BCUT2D eigenvalue weighted by Crippen LogP contribution is -2.39. The van der Waals surface area contributed by atoms with E-state index in [-0.39, 0.29) is 35.6 Å². The number of fused-ring (bicyclic) bond motifs is 1. The fourth-order valence-corrected chi connectivity index (χ4v) is 4.81. The van der Waals surface area contributed by atoms with E-state index < -0.39 is 90.9 Å². The number of aromatic amines is 1. The van der Waals surface area contributed by atoms with Gasteiger partial charge in [0.1, 0.15) is 23.0 Å². The summed E-state index contributed by atoms with van der Waals surface area (Å²) in [5.41, 5.74) is -1.52. The number of imidazole rings is 1. The number of halogens is 8. The number of aryl methyl sites for hydroxylation is 1. The normalized spacial score (nSPS) is 18.0. The van der Waals surface area contributed by atoms with Gasteiger partial charge >= 0.3 is 0 Å². The van der Waals surface area contributed by atoms with Crippen molar-refractivity contribution in [3.05, 3.63) is 40.7 Å². The lowest BCUT2D eigenvalue weighted by molar-refractivity contribution is -0.126. The first-order valence-electron chi connectivity index (χ1n) is 12.4. The highest BCUT2D eigenvalue weighted by atomic mass is 19.3. The molecular formula is C24H24F8N6O3. The van der Waals surface area contributed by atoms with Crippen molar-refractivity contribution in [3.63, 3.8) is 0 Å². The number of alkyl halides is 7. The van der Waals surface area contributed by atoms with Crippen LogP contribution in [0.1, 0.15) is 65.2 Å². The summed E-state index contributed by atoms with van der Waals surface area (Å²) in [5.74, 6) is -9.88. The second-order valence-electron chi connectivity index (χ2n) is 9.72. The van der Waals surface area contributed by atoms with E-state index in [0.29, 0.717) is 0 Å². The van der Waals surface area contributed by atoms with Crippen LogP contribution in [0.3, 0.4) is 0 Å². The van der Waals surface area contributed by atoms with E-state index >= 15 is 4.39 Å². The molecule has 0 aliphatic heterocycles. The van der Waals surface area contributed by atoms with Crippen molar-refractivity contribution in [2.75, 3.05) is 6.54 Å². The highest BCUT2D eigenvalue weighted by Crippen LogP contribution is 2.42. The predicted molar refractivity (Wildman–Crippen MR) is 125 cm³/mol. The Morgan fingerprint density at radius 3 is 2.39 bits per heavy atom. The minimum Gasteiger partial charge on any atom is -0.350 e. The van der Waals surface area contributed by atoms with Crippen LogP contribution in [0.2, 0.25) is 0 Å². The third-order valence-corrected chi connectivity index (χ3v) is 6.93. The summed E-state index contributed by atoms with van der Waals surface area (Å²) in [5, 5.41) is 11.2. The molecule has 41 heavy (non-hydrogen) atoms. The van der Waals surface area contributed by atoms with Crippen molar-refractivity contribution in [2.24, 2.45) is 5.92 Å². The van der Waals surface area contributed by atoms with Crippen molar-refractivity contribution in [1.29, 1.82) is 0 Å². The Morgan fingerprint density at radius 2 is 1.80 bits per heavy atom. The van der Waals surface area contributed by atoms with Crippen LogP contribution in [-0.2, 0) is 4.79 Å². The van der Waals surface area contributed by atoms with Gasteiger partial charge in [-0.25, -0.2) is 44.7 Å². The van der Waals surface area contributed by atoms with Crippen LogP contribution >= 0.6 is 0 Å². The lowest BCUT2D eigenvalue weighted by Gasteiger charge is -2.33. The molecule has 0 spiro atoms. The van der Waals surface area contributed by atoms with Crippen LogP contribution in [0, 0.1) is 18.7 Å². The zero-order chi connectivity index (χ0) is 30.1. The summed E-state index contributed by atoms with van der Waals surface area (Å²) in [7, 11) is 0. The zero-order valence-electron chi connectivity index (χ0n) is 21.2. The SMILES string of the molecule is Cc1nonc1C(=O)N[C@H](c1nc2c(F)c(C(C(=O)NCC(F)F)C(F)C(F)F)ccc2[nH]1)C1CCC(F)(F)CC1. The van der Waals surface area contributed by atoms with Crippen LogP contribution in [0.4, 0.5) is 35.1 Å². The molecule has 2 heterocycles. The van der Waals surface area contributed by atoms with E-state index in [2.05, 4.69) is 30.2 Å². The van der Waals surface area contributed by atoms with Crippen LogP contribution in [-0.4, -0.2) is 63.6 Å². The van der Waals surface area contributed by atoms with Gasteiger partial charge in [0.2, 0.25) is 11.8 Å². The Labute approximate surface area is 226 Å². The van der Waals surface area contributed by atoms with E-state index in [4.69, 9.17) is 0 Å². The molecule has 1 aliphatic carbocycles. The summed E-state index contributed by atoms with van der Waals surface area (Å²) >= 11 is 0. The molecule has 0 saturated heterocycles. The van der Waals surface area contributed by atoms with Crippen LogP contribution < -0.4 is 10.6 Å². The van der Waals surface area contributed by atoms with E-state index in [1.165, 1.54) is 6.92 Å². The highest BCUT2D eigenvalue weighted by Gasteiger charge is 2.41. The summed E-state index contributed by atoms with van der Waals surface area (Å²) in [4.78, 5) is 32.1. The second-order valence-corrected chi connectivity index (χ2v) is 9.72. The molecular weight excluding hydrogens is 572 g/mol. The smallest absolute Gasteiger partial charge is 0.276 e. The topological polar surface area (TPSA) is 126 Å². The zero-order valence-corrected chi connectivity index (χ0v) is 21.2. The molecule has 2 aromatic heterocycles. The molecule has 3 N–H and O–H groups in total. The number of nitrogens with one attached hydrogen (secondary N) is 3. The monoisotopic (exact) mass is 596 g/mol. The molecule has 4 rings (SSSR count). The molecule has 0 bridgehead atoms. The molecule has 1 saturated carbocycles. The van der Waals surface area contributed by atoms with Gasteiger partial charge in [-0.2, -0.15) is 0 Å². The van der Waals surface area contributed by atoms with Crippen LogP contribution in [0.5, 0.6) is 0 Å². The highest BCUT2D eigenvalue weighted by molar-refractivity contribution is 5.93. The fourth-order valence-electron chi connectivity index (χ4n) is 4.81. The van der Waals surface area contributed by atoms with Gasteiger partial charge in [-0.15, -0.1) is 0 Å². The van der Waals surface area contributed by atoms with E-state index in [0.717, 1.165) is 12.1 Å². The molecule has 17 heteroatoms. The van der Waals surface area contributed by atoms with Crippen LogP contribution in [0.25, 0.3) is 11.0 Å². The van der Waals surface area contributed by atoms with Crippen molar-refractivity contribution in [1.82, 2.24) is 30.9 Å². The Balaban J connectivity index is 1.72. The largest absolute Gasteiger partial charge is 0.350 e. The Bertz CT molecular complexity index is 1390. The molecule has 1 aromatic carbocycles. The third-order valence-electron chi connectivity index (χ3n) is 6.93. The molecule has 0 radical (unpaired) electrons. The van der Waals surface area contributed by atoms with Gasteiger partial charge in [0.15, 0.2) is 17.7 Å². The summed E-state index contributed by atoms with van der Waals surface area (Å²) in [6, 6.07) is 0.848. The first-order chi connectivity index (χ1) is 19.3. The fraction of sp³-hybridized carbons (Fsp3) is 0.542. The predicted octanol–water partition coefficient (Wildman–Crippen LogP) is 4.76. The molecule has 2 amide bonds. The Hall–Kier alpha value is -3.79.